The van der Waals surface area contributed by atoms with Gasteiger partial charge in [0.1, 0.15) is 5.60 Å². The third-order valence-electron chi connectivity index (χ3n) is 3.15. The molecule has 0 aromatic heterocycles. The highest BCUT2D eigenvalue weighted by Crippen LogP contribution is 2.54. The summed E-state index contributed by atoms with van der Waals surface area (Å²) in [7, 11) is 0. The number of aliphatic hydroxyl groups is 1. The number of hydrogen-bond acceptors (Lipinski definition) is 2. The van der Waals surface area contributed by atoms with E-state index in [0.717, 1.165) is 19.3 Å². The number of epoxide rings is 1. The largest absolute Gasteiger partial charge is 0.393 e. The molecule has 66 valence electrons. The van der Waals surface area contributed by atoms with Gasteiger partial charge in [0.25, 0.3) is 0 Å². The number of ether oxygens (including phenoxy) is 1. The van der Waals surface area contributed by atoms with Gasteiger partial charge >= 0.3 is 0 Å². The van der Waals surface area contributed by atoms with Crippen molar-refractivity contribution in [3.63, 3.8) is 0 Å². The second-order valence-electron chi connectivity index (χ2n) is 3.31. The molecule has 1 atom stereocenters. The minimum Gasteiger partial charge on any atom is -0.393 e. The lowest BCUT2D eigenvalue weighted by molar-refractivity contribution is 0.166. The summed E-state index contributed by atoms with van der Waals surface area (Å²) in [5.41, 5.74) is -0.201. The van der Waals surface area contributed by atoms with E-state index in [-0.39, 0.29) is 17.8 Å². The van der Waals surface area contributed by atoms with Crippen LogP contribution in [0.4, 0.5) is 0 Å². The van der Waals surface area contributed by atoms with Crippen molar-refractivity contribution in [1.82, 2.24) is 0 Å². The monoisotopic (exact) mass is 158 g/mol. The molecule has 0 aromatic rings. The van der Waals surface area contributed by atoms with Gasteiger partial charge in [0, 0.05) is 0 Å². The third kappa shape index (κ3) is 1.00. The molecule has 1 rings (SSSR count). The molecule has 1 heterocycles. The Morgan fingerprint density at radius 2 is 1.45 bits per heavy atom. The van der Waals surface area contributed by atoms with Crippen molar-refractivity contribution in [1.29, 1.82) is 0 Å². The fourth-order valence-electron chi connectivity index (χ4n) is 2.07. The fraction of sp³-hybridized carbons (Fsp3) is 1.00. The fourth-order valence-corrected chi connectivity index (χ4v) is 2.07. The molecule has 11 heavy (non-hydrogen) atoms. The lowest BCUT2D eigenvalue weighted by Crippen LogP contribution is -2.27. The van der Waals surface area contributed by atoms with E-state index in [1.165, 1.54) is 0 Å². The summed E-state index contributed by atoms with van der Waals surface area (Å²) in [5, 5.41) is 9.13. The molecule has 2 nitrogen and oxygen atoms in total. The van der Waals surface area contributed by atoms with Crippen LogP contribution in [-0.4, -0.2) is 22.9 Å². The summed E-state index contributed by atoms with van der Waals surface area (Å²) >= 11 is 0. The molecule has 0 spiro atoms. The van der Waals surface area contributed by atoms with Crippen LogP contribution in [0.3, 0.4) is 0 Å². The summed E-state index contributed by atoms with van der Waals surface area (Å²) in [4.78, 5) is 0. The lowest BCUT2D eigenvalue weighted by Gasteiger charge is -2.12. The van der Waals surface area contributed by atoms with E-state index >= 15 is 0 Å². The highest BCUT2D eigenvalue weighted by Gasteiger charge is 2.65. The molecule has 2 heteroatoms. The highest BCUT2D eigenvalue weighted by atomic mass is 16.6. The van der Waals surface area contributed by atoms with Crippen LogP contribution >= 0.6 is 0 Å². The third-order valence-corrected chi connectivity index (χ3v) is 3.15. The molecule has 0 aromatic carbocycles. The van der Waals surface area contributed by atoms with Gasteiger partial charge in [-0.05, 0) is 19.3 Å². The van der Waals surface area contributed by atoms with Gasteiger partial charge < -0.3 is 9.84 Å². The average Bonchev–Trinajstić information content (AvgIpc) is 2.75. The van der Waals surface area contributed by atoms with E-state index in [1.54, 1.807) is 0 Å². The van der Waals surface area contributed by atoms with Crippen LogP contribution in [0.25, 0.3) is 0 Å². The molecule has 1 fully saturated rings. The van der Waals surface area contributed by atoms with E-state index in [9.17, 15) is 0 Å². The first kappa shape index (κ1) is 9.01. The topological polar surface area (TPSA) is 32.8 Å². The predicted octanol–water partition coefficient (Wildman–Crippen LogP) is 1.72. The van der Waals surface area contributed by atoms with Crippen molar-refractivity contribution in [2.24, 2.45) is 0 Å². The summed E-state index contributed by atoms with van der Waals surface area (Å²) in [6.07, 6.45) is 2.95. The quantitative estimate of drug-likeness (QED) is 0.632. The molecular weight excluding hydrogens is 140 g/mol. The van der Waals surface area contributed by atoms with Gasteiger partial charge in [0.15, 0.2) is 0 Å². The zero-order valence-corrected chi connectivity index (χ0v) is 7.68. The average molecular weight is 158 g/mol. The Morgan fingerprint density at radius 1 is 1.00 bits per heavy atom. The van der Waals surface area contributed by atoms with Gasteiger partial charge in [-0.15, -0.1) is 0 Å². The maximum atomic E-state index is 9.13. The van der Waals surface area contributed by atoms with Crippen LogP contribution in [-0.2, 0) is 4.74 Å². The first-order valence-electron chi connectivity index (χ1n) is 4.51. The summed E-state index contributed by atoms with van der Waals surface area (Å²) in [5.74, 6) is 0. The maximum Gasteiger partial charge on any atom is 0.121 e. The molecule has 0 bridgehead atoms. The SMILES string of the molecule is CCC1(CC)O[C@]1(CC)CO. The second-order valence-corrected chi connectivity index (χ2v) is 3.31. The van der Waals surface area contributed by atoms with Crippen LogP contribution in [0.15, 0.2) is 0 Å². The Kier molecular flexibility index (Phi) is 2.26. The second kappa shape index (κ2) is 2.76. The first-order valence-corrected chi connectivity index (χ1v) is 4.51. The van der Waals surface area contributed by atoms with Crippen LogP contribution in [0.5, 0.6) is 0 Å². The van der Waals surface area contributed by atoms with Crippen LogP contribution < -0.4 is 0 Å². The normalized spacial score (nSPS) is 33.8. The van der Waals surface area contributed by atoms with Gasteiger partial charge in [-0.3, -0.25) is 0 Å². The minimum atomic E-state index is -0.198. The zero-order chi connectivity index (χ0) is 8.54. The molecule has 0 amide bonds. The Labute approximate surface area is 68.6 Å². The van der Waals surface area contributed by atoms with E-state index in [0.29, 0.717) is 0 Å². The Morgan fingerprint density at radius 3 is 1.55 bits per heavy atom. The molecule has 1 aliphatic heterocycles. The van der Waals surface area contributed by atoms with E-state index in [1.807, 2.05) is 0 Å². The van der Waals surface area contributed by atoms with Crippen LogP contribution in [0.1, 0.15) is 40.0 Å². The van der Waals surface area contributed by atoms with E-state index in [4.69, 9.17) is 9.84 Å². The Hall–Kier alpha value is -0.0800. The first-order chi connectivity index (χ1) is 5.20. The molecule has 1 saturated heterocycles. The Bertz CT molecular complexity index is 118. The lowest BCUT2D eigenvalue weighted by atomic mass is 9.87. The molecule has 0 saturated carbocycles. The molecule has 1 aliphatic rings. The van der Waals surface area contributed by atoms with Gasteiger partial charge in [-0.2, -0.15) is 0 Å². The minimum absolute atomic E-state index is 0.00347. The smallest absolute Gasteiger partial charge is 0.121 e. The molecular formula is C9H18O2. The molecule has 0 unspecified atom stereocenters. The highest BCUT2D eigenvalue weighted by molar-refractivity contribution is 5.13. The number of rotatable bonds is 4. The standard InChI is InChI=1S/C9H18O2/c1-4-8(5-2)9(6-3,7-10)11-8/h10H,4-7H2,1-3H3/t9-/m1/s1. The summed E-state index contributed by atoms with van der Waals surface area (Å²) < 4.78 is 5.64. The number of aliphatic hydroxyl groups excluding tert-OH is 1. The van der Waals surface area contributed by atoms with E-state index in [2.05, 4.69) is 20.8 Å². The zero-order valence-electron chi connectivity index (χ0n) is 7.68. The van der Waals surface area contributed by atoms with Crippen molar-refractivity contribution in [2.45, 2.75) is 51.2 Å². The van der Waals surface area contributed by atoms with Crippen LogP contribution in [0, 0.1) is 0 Å². The van der Waals surface area contributed by atoms with Crippen molar-refractivity contribution < 1.29 is 9.84 Å². The van der Waals surface area contributed by atoms with Crippen molar-refractivity contribution in [3.8, 4) is 0 Å². The van der Waals surface area contributed by atoms with Crippen LogP contribution in [0.2, 0.25) is 0 Å². The van der Waals surface area contributed by atoms with E-state index < -0.39 is 0 Å². The summed E-state index contributed by atoms with van der Waals surface area (Å²) in [6.45, 7) is 6.49. The predicted molar refractivity (Wildman–Crippen MR) is 44.5 cm³/mol. The summed E-state index contributed by atoms with van der Waals surface area (Å²) in [6, 6.07) is 0. The molecule has 0 aliphatic carbocycles. The number of hydrogen-bond donors (Lipinski definition) is 1. The molecule has 1 N–H and O–H groups in total. The molecule has 0 radical (unpaired) electrons. The van der Waals surface area contributed by atoms with Crippen molar-refractivity contribution in [3.05, 3.63) is 0 Å². The van der Waals surface area contributed by atoms with Gasteiger partial charge in [-0.25, -0.2) is 0 Å². The van der Waals surface area contributed by atoms with Gasteiger partial charge in [0.2, 0.25) is 0 Å². The van der Waals surface area contributed by atoms with Crippen molar-refractivity contribution in [2.75, 3.05) is 6.61 Å². The maximum absolute atomic E-state index is 9.13. The van der Waals surface area contributed by atoms with Crippen molar-refractivity contribution >= 4 is 0 Å². The van der Waals surface area contributed by atoms with Gasteiger partial charge in [-0.1, -0.05) is 20.8 Å². The Balaban J connectivity index is 2.65. The van der Waals surface area contributed by atoms with Gasteiger partial charge in [0.05, 0.1) is 12.2 Å².